The molecule has 6 N–H and O–H groups in total. The van der Waals surface area contributed by atoms with E-state index in [1.165, 1.54) is 60.3 Å². The molecule has 2 aromatic rings. The number of hydrogen-bond acceptors (Lipinski definition) is 15. The monoisotopic (exact) mass is 798 g/mol. The lowest BCUT2D eigenvalue weighted by molar-refractivity contribution is -0.160. The summed E-state index contributed by atoms with van der Waals surface area (Å²) in [4.78, 5) is 45.4. The Hall–Kier alpha value is -5.16. The number of ketones is 1. The molecule has 3 aliphatic heterocycles. The highest BCUT2D eigenvalue weighted by Gasteiger charge is 2.50. The molecule has 0 unspecified atom stereocenters. The average molecular weight is 799 g/mol. The van der Waals surface area contributed by atoms with E-state index in [1.807, 2.05) is 0 Å². The van der Waals surface area contributed by atoms with Crippen LogP contribution in [0.5, 0.6) is 23.0 Å². The van der Waals surface area contributed by atoms with Gasteiger partial charge in [0.25, 0.3) is 11.7 Å². The fourth-order valence-electron chi connectivity index (χ4n) is 7.14. The van der Waals surface area contributed by atoms with Gasteiger partial charge < -0.3 is 59.4 Å². The summed E-state index contributed by atoms with van der Waals surface area (Å²) in [5.74, 6) is -8.75. The van der Waals surface area contributed by atoms with E-state index in [-0.39, 0.29) is 57.7 Å². The Morgan fingerprint density at radius 1 is 0.947 bits per heavy atom. The van der Waals surface area contributed by atoms with Gasteiger partial charge in [0.05, 0.1) is 59.6 Å². The second-order valence-electron chi connectivity index (χ2n) is 14.7. The Kier molecular flexibility index (Phi) is 14.4. The summed E-state index contributed by atoms with van der Waals surface area (Å²) < 4.78 is 28.4. The highest BCUT2D eigenvalue weighted by Crippen LogP contribution is 2.55. The number of esters is 1. The van der Waals surface area contributed by atoms with Crippen LogP contribution in [0.4, 0.5) is 5.69 Å². The SMILES string of the molecule is COCCO/N=C/c1c2c(O)c3c(O)c(C)c4c(c3c1O)C(=O)[C@@](C)(O/C=C/[C@H](OC)[C@@H](C)[C@@H](OC(C)=O)[C@H](C)[C@H](O)[C@H](C)[C@@H](O)[C@@H](C)/C=C/C=C(/C)C(=O)N2)O4. The predicted molar refractivity (Wildman–Crippen MR) is 209 cm³/mol. The molecule has 0 aliphatic carbocycles. The van der Waals surface area contributed by atoms with Crippen LogP contribution in [0.25, 0.3) is 10.8 Å². The zero-order valence-corrected chi connectivity index (χ0v) is 33.9. The Balaban J connectivity index is 1.96. The highest BCUT2D eigenvalue weighted by molar-refractivity contribution is 6.23. The van der Waals surface area contributed by atoms with Gasteiger partial charge >= 0.3 is 11.8 Å². The molecule has 57 heavy (non-hydrogen) atoms. The third-order valence-electron chi connectivity index (χ3n) is 10.7. The lowest BCUT2D eigenvalue weighted by Gasteiger charge is -2.38. The Labute approximate surface area is 331 Å². The highest BCUT2D eigenvalue weighted by atomic mass is 16.7. The molecule has 0 spiro atoms. The van der Waals surface area contributed by atoms with Gasteiger partial charge in [0.2, 0.25) is 0 Å². The number of methoxy groups -OCH3 is 2. The van der Waals surface area contributed by atoms with Crippen molar-refractivity contribution in [3.05, 3.63) is 52.8 Å². The number of oxime groups is 1. The van der Waals surface area contributed by atoms with E-state index in [4.69, 9.17) is 28.5 Å². The molecule has 5 rings (SSSR count). The molecule has 5 bridgehead atoms. The van der Waals surface area contributed by atoms with Crippen LogP contribution < -0.4 is 10.1 Å². The largest absolute Gasteiger partial charge is 0.507 e. The molecule has 0 saturated heterocycles. The summed E-state index contributed by atoms with van der Waals surface area (Å²) in [7, 11) is 2.88. The number of carbonyl (C=O) groups excluding carboxylic acids is 3. The minimum absolute atomic E-state index is 0.0190. The first-order valence-corrected chi connectivity index (χ1v) is 18.5. The number of carbonyl (C=O) groups is 3. The molecule has 16 heteroatoms. The topological polar surface area (TPSA) is 232 Å². The Bertz CT molecular complexity index is 1970. The van der Waals surface area contributed by atoms with Gasteiger partial charge in [-0.25, -0.2) is 0 Å². The van der Waals surface area contributed by atoms with Gasteiger partial charge in [0, 0.05) is 68.3 Å². The lowest BCUT2D eigenvalue weighted by atomic mass is 9.78. The quantitative estimate of drug-likeness (QED) is 0.0555. The van der Waals surface area contributed by atoms with E-state index in [2.05, 4.69) is 10.5 Å². The fourth-order valence-corrected chi connectivity index (χ4v) is 7.14. The van der Waals surface area contributed by atoms with Gasteiger partial charge in [-0.1, -0.05) is 51.1 Å². The molecule has 3 heterocycles. The van der Waals surface area contributed by atoms with Crippen molar-refractivity contribution >= 4 is 40.3 Å². The van der Waals surface area contributed by atoms with Crippen LogP contribution in [0, 0.1) is 30.6 Å². The van der Waals surface area contributed by atoms with Crippen molar-refractivity contribution in [1.82, 2.24) is 0 Å². The van der Waals surface area contributed by atoms with Gasteiger partial charge in [-0.15, -0.1) is 0 Å². The molecule has 0 aromatic heterocycles. The number of aliphatic hydroxyl groups is 2. The molecule has 2 aromatic carbocycles. The summed E-state index contributed by atoms with van der Waals surface area (Å²) in [5.41, 5.74) is -0.699. The molecular formula is C41H54N2O14. The van der Waals surface area contributed by atoms with Crippen molar-refractivity contribution in [3.8, 4) is 23.0 Å². The molecule has 16 nitrogen and oxygen atoms in total. The second-order valence-corrected chi connectivity index (χ2v) is 14.7. The van der Waals surface area contributed by atoms with Gasteiger partial charge in [-0.3, -0.25) is 14.4 Å². The normalized spacial score (nSPS) is 30.7. The summed E-state index contributed by atoms with van der Waals surface area (Å²) in [6.07, 6.45) is 4.41. The molecule has 0 radical (unpaired) electrons. The van der Waals surface area contributed by atoms with Crippen LogP contribution in [0.2, 0.25) is 0 Å². The van der Waals surface area contributed by atoms with Crippen LogP contribution in [-0.2, 0) is 33.4 Å². The number of benzene rings is 2. The molecule has 312 valence electrons. The summed E-state index contributed by atoms with van der Waals surface area (Å²) >= 11 is 0. The van der Waals surface area contributed by atoms with Crippen molar-refractivity contribution < 1.29 is 68.4 Å². The van der Waals surface area contributed by atoms with E-state index >= 15 is 0 Å². The average Bonchev–Trinajstić information content (AvgIpc) is 3.43. The zero-order chi connectivity index (χ0) is 42.5. The van der Waals surface area contributed by atoms with Gasteiger partial charge in [0.15, 0.2) is 5.75 Å². The van der Waals surface area contributed by atoms with E-state index < -0.39 is 88.8 Å². The third-order valence-corrected chi connectivity index (χ3v) is 10.7. The van der Waals surface area contributed by atoms with Gasteiger partial charge in [-0.05, 0) is 19.9 Å². The molecule has 0 fully saturated rings. The number of aliphatic hydroxyl groups excluding tert-OH is 2. The number of phenols is 3. The predicted octanol–water partition coefficient (Wildman–Crippen LogP) is 4.75. The van der Waals surface area contributed by atoms with Crippen LogP contribution in [-0.4, -0.2) is 107 Å². The Morgan fingerprint density at radius 3 is 2.26 bits per heavy atom. The number of Topliss-reactive ketones (excluding diaryl/α,β-unsaturated/α-hetero) is 1. The molecular weight excluding hydrogens is 744 g/mol. The number of phenolic OH excluding ortho intramolecular Hbond substituents is 3. The first-order valence-electron chi connectivity index (χ1n) is 18.5. The van der Waals surface area contributed by atoms with E-state index in [0.717, 1.165) is 6.21 Å². The number of aromatic hydroxyl groups is 3. The van der Waals surface area contributed by atoms with Crippen LogP contribution in [0.3, 0.4) is 0 Å². The standard InChI is InChI=1S/C41H54N2O14/c1-19-12-11-13-20(2)40(51)43-31-26(18-42-55-17-16-52-9)35(48)28-29(36(31)49)34(47)24(6)38-30(28)39(50)41(8,57-38)54-15-14-27(53-10)21(3)37(56-25(7)44)23(5)33(46)22(4)32(19)45/h11-15,18-19,21-23,27,32-33,37,45-49H,16-17H2,1-10H3,(H,43,51)/b12-11+,15-14+,20-13-,42-18+/t19-,21+,22+,23+,27-,32-,33+,37+,41-/m0/s1. The molecule has 1 amide bonds. The van der Waals surface area contributed by atoms with Gasteiger partial charge in [-0.2, -0.15) is 0 Å². The van der Waals surface area contributed by atoms with Crippen molar-refractivity contribution in [2.45, 2.75) is 85.6 Å². The molecule has 9 atom stereocenters. The fraction of sp³-hybridized carbons (Fsp3) is 0.512. The zero-order valence-electron chi connectivity index (χ0n) is 33.9. The molecule has 0 saturated carbocycles. The summed E-state index contributed by atoms with van der Waals surface area (Å²) in [5, 5.41) is 63.6. The number of amides is 1. The van der Waals surface area contributed by atoms with Crippen LogP contribution in [0.1, 0.15) is 70.0 Å². The number of fused-ring (bicyclic) bond motifs is 14. The van der Waals surface area contributed by atoms with Crippen molar-refractivity contribution in [1.29, 1.82) is 0 Å². The third kappa shape index (κ3) is 9.04. The van der Waals surface area contributed by atoms with Crippen molar-refractivity contribution in [2.24, 2.45) is 28.8 Å². The first kappa shape index (κ1) is 44.6. The number of ether oxygens (including phenoxy) is 5. The van der Waals surface area contributed by atoms with E-state index in [9.17, 15) is 39.9 Å². The van der Waals surface area contributed by atoms with E-state index in [0.29, 0.717) is 0 Å². The Morgan fingerprint density at radius 2 is 1.63 bits per heavy atom. The maximum absolute atomic E-state index is 14.3. The van der Waals surface area contributed by atoms with Crippen molar-refractivity contribution in [3.63, 3.8) is 0 Å². The number of anilines is 1. The van der Waals surface area contributed by atoms with Crippen LogP contribution >= 0.6 is 0 Å². The first-order chi connectivity index (χ1) is 26.8. The maximum Gasteiger partial charge on any atom is 0.312 e. The second kappa shape index (κ2) is 18.4. The minimum atomic E-state index is -2.07. The van der Waals surface area contributed by atoms with Crippen molar-refractivity contribution in [2.75, 3.05) is 32.8 Å². The molecule has 3 aliphatic rings. The van der Waals surface area contributed by atoms with E-state index in [1.54, 1.807) is 39.8 Å². The number of rotatable bonds is 7. The smallest absolute Gasteiger partial charge is 0.312 e. The number of nitrogens with one attached hydrogen (secondary N) is 1. The number of nitrogens with zero attached hydrogens (tertiary/aromatic N) is 1. The van der Waals surface area contributed by atoms with Gasteiger partial charge in [0.1, 0.15) is 30.0 Å². The minimum Gasteiger partial charge on any atom is -0.507 e. The summed E-state index contributed by atoms with van der Waals surface area (Å²) in [6.45, 7) is 12.6. The number of hydrogen-bond donors (Lipinski definition) is 6. The maximum atomic E-state index is 14.3. The lowest BCUT2D eigenvalue weighted by Crippen LogP contribution is -2.46. The summed E-state index contributed by atoms with van der Waals surface area (Å²) in [6, 6.07) is 0. The van der Waals surface area contributed by atoms with Crippen LogP contribution in [0.15, 0.2) is 41.3 Å². The number of allylic oxidation sites excluding steroid dienone is 2.